The monoisotopic (exact) mass is 493 g/mol. The molecule has 0 N–H and O–H groups in total. The van der Waals surface area contributed by atoms with Gasteiger partial charge in [-0.2, -0.15) is 0 Å². The number of terminal acetylenes is 1. The van der Waals surface area contributed by atoms with Crippen LogP contribution in [0.4, 0.5) is 8.78 Å². The van der Waals surface area contributed by atoms with E-state index >= 15 is 0 Å². The number of fused-ring (bicyclic) bond motifs is 1. The van der Waals surface area contributed by atoms with Crippen LogP contribution < -0.4 is 0 Å². The van der Waals surface area contributed by atoms with Crippen LogP contribution in [-0.2, 0) is 19.6 Å². The van der Waals surface area contributed by atoms with Gasteiger partial charge in [0.05, 0.1) is 18.6 Å². The molecule has 0 saturated heterocycles. The molecule has 0 saturated carbocycles. The van der Waals surface area contributed by atoms with Gasteiger partial charge < -0.3 is 9.47 Å². The van der Waals surface area contributed by atoms with Crippen molar-refractivity contribution in [3.63, 3.8) is 0 Å². The van der Waals surface area contributed by atoms with Crippen molar-refractivity contribution in [2.75, 3.05) is 0 Å². The van der Waals surface area contributed by atoms with E-state index in [0.717, 1.165) is 28.6 Å². The standard InChI is InChI=1S/C29H21F2N5O/c1-2-20-7-9-21(10-8-20)16-36-19-32-34-28(36)18-35(17-23-11-13-24(30)15-25(23)31)29(37)27-14-12-22-5-3-4-6-26(22)33-27/h1,3-15,19H,16-18H2. The smallest absolute Gasteiger partial charge is 0.273 e. The fourth-order valence-corrected chi connectivity index (χ4v) is 4.01. The number of halogens is 2. The van der Waals surface area contributed by atoms with Gasteiger partial charge in [0.15, 0.2) is 5.82 Å². The highest BCUT2D eigenvalue weighted by atomic mass is 19.1. The van der Waals surface area contributed by atoms with Gasteiger partial charge in [0, 0.05) is 29.1 Å². The summed E-state index contributed by atoms with van der Waals surface area (Å²) in [5.41, 5.74) is 2.79. The molecule has 2 aromatic heterocycles. The molecule has 0 aliphatic heterocycles. The highest BCUT2D eigenvalue weighted by Gasteiger charge is 2.22. The number of amides is 1. The van der Waals surface area contributed by atoms with Crippen molar-refractivity contribution in [2.24, 2.45) is 0 Å². The molecule has 0 bridgehead atoms. The Balaban J connectivity index is 1.46. The molecule has 182 valence electrons. The average Bonchev–Trinajstić information content (AvgIpc) is 3.35. The summed E-state index contributed by atoms with van der Waals surface area (Å²) >= 11 is 0. The highest BCUT2D eigenvalue weighted by molar-refractivity contribution is 5.94. The summed E-state index contributed by atoms with van der Waals surface area (Å²) in [5.74, 6) is 1.24. The number of carbonyl (C=O) groups is 1. The van der Waals surface area contributed by atoms with Gasteiger partial charge >= 0.3 is 0 Å². The van der Waals surface area contributed by atoms with E-state index in [1.807, 2.05) is 54.6 Å². The SMILES string of the molecule is C#Cc1ccc(Cn2cnnc2CN(Cc2ccc(F)cc2F)C(=O)c2ccc3ccccc3n2)cc1. The van der Waals surface area contributed by atoms with Crippen LogP contribution in [0.15, 0.2) is 85.2 Å². The first-order valence-electron chi connectivity index (χ1n) is 11.5. The Bertz CT molecular complexity index is 1620. The van der Waals surface area contributed by atoms with E-state index in [9.17, 15) is 13.6 Å². The molecule has 1 amide bonds. The minimum absolute atomic E-state index is 0.0343. The van der Waals surface area contributed by atoms with Crippen LogP contribution in [0.3, 0.4) is 0 Å². The number of carbonyl (C=O) groups excluding carboxylic acids is 1. The van der Waals surface area contributed by atoms with Gasteiger partial charge in [0.2, 0.25) is 0 Å². The van der Waals surface area contributed by atoms with Crippen molar-refractivity contribution in [2.45, 2.75) is 19.6 Å². The molecule has 0 radical (unpaired) electrons. The number of rotatable bonds is 7. The number of hydrogen-bond acceptors (Lipinski definition) is 4. The molecule has 0 aliphatic rings. The van der Waals surface area contributed by atoms with Gasteiger partial charge in [-0.05, 0) is 35.9 Å². The lowest BCUT2D eigenvalue weighted by Gasteiger charge is -2.23. The average molecular weight is 494 g/mol. The predicted molar refractivity (Wildman–Crippen MR) is 135 cm³/mol. The molecular weight excluding hydrogens is 472 g/mol. The Hall–Kier alpha value is -4.90. The van der Waals surface area contributed by atoms with E-state index in [-0.39, 0.29) is 24.3 Å². The maximum Gasteiger partial charge on any atom is 0.273 e. The second-order valence-corrected chi connectivity index (χ2v) is 8.50. The summed E-state index contributed by atoms with van der Waals surface area (Å²) in [6, 6.07) is 21.7. The maximum atomic E-state index is 14.6. The molecule has 0 spiro atoms. The van der Waals surface area contributed by atoms with Crippen LogP contribution in [0.2, 0.25) is 0 Å². The summed E-state index contributed by atoms with van der Waals surface area (Å²) in [6.45, 7) is 0.379. The van der Waals surface area contributed by atoms with Crippen LogP contribution in [0.25, 0.3) is 10.9 Å². The largest absolute Gasteiger partial charge is 0.325 e. The van der Waals surface area contributed by atoms with Gasteiger partial charge in [0.1, 0.15) is 23.7 Å². The third-order valence-electron chi connectivity index (χ3n) is 5.98. The van der Waals surface area contributed by atoms with E-state index in [4.69, 9.17) is 6.42 Å². The summed E-state index contributed by atoms with van der Waals surface area (Å²) < 4.78 is 29.9. The first-order valence-corrected chi connectivity index (χ1v) is 11.5. The molecular formula is C29H21F2N5O. The van der Waals surface area contributed by atoms with Crippen molar-refractivity contribution in [1.29, 1.82) is 0 Å². The normalized spacial score (nSPS) is 10.8. The van der Waals surface area contributed by atoms with Crippen molar-refractivity contribution in [3.05, 3.63) is 125 Å². The van der Waals surface area contributed by atoms with Gasteiger partial charge in [0.25, 0.3) is 5.91 Å². The number of pyridine rings is 1. The first-order chi connectivity index (χ1) is 18.0. The van der Waals surface area contributed by atoms with Crippen LogP contribution >= 0.6 is 0 Å². The molecule has 0 atom stereocenters. The Morgan fingerprint density at radius 1 is 0.973 bits per heavy atom. The van der Waals surface area contributed by atoms with E-state index in [0.29, 0.717) is 17.9 Å². The Morgan fingerprint density at radius 3 is 2.57 bits per heavy atom. The summed E-state index contributed by atoms with van der Waals surface area (Å²) in [6.07, 6.45) is 7.01. The molecule has 37 heavy (non-hydrogen) atoms. The minimum Gasteiger partial charge on any atom is -0.325 e. The fraction of sp³-hybridized carbons (Fsp3) is 0.103. The van der Waals surface area contributed by atoms with Gasteiger partial charge in [-0.3, -0.25) is 4.79 Å². The van der Waals surface area contributed by atoms with Crippen LogP contribution in [0.5, 0.6) is 0 Å². The Kier molecular flexibility index (Phi) is 6.68. The molecule has 0 aliphatic carbocycles. The van der Waals surface area contributed by atoms with Gasteiger partial charge in [-0.15, -0.1) is 16.6 Å². The van der Waals surface area contributed by atoms with E-state index in [1.165, 1.54) is 11.0 Å². The zero-order valence-corrected chi connectivity index (χ0v) is 19.7. The highest BCUT2D eigenvalue weighted by Crippen LogP contribution is 2.19. The molecule has 0 unspecified atom stereocenters. The number of aromatic nitrogens is 4. The molecule has 3 aromatic carbocycles. The third kappa shape index (κ3) is 5.36. The van der Waals surface area contributed by atoms with Crippen molar-refractivity contribution < 1.29 is 13.6 Å². The van der Waals surface area contributed by atoms with Crippen molar-refractivity contribution >= 4 is 16.8 Å². The second kappa shape index (κ2) is 10.4. The third-order valence-corrected chi connectivity index (χ3v) is 5.98. The Labute approximate surface area is 212 Å². The van der Waals surface area contributed by atoms with E-state index in [1.54, 1.807) is 17.0 Å². The summed E-state index contributed by atoms with van der Waals surface area (Å²) in [5, 5.41) is 9.11. The Morgan fingerprint density at radius 2 is 1.78 bits per heavy atom. The molecule has 5 aromatic rings. The van der Waals surface area contributed by atoms with Gasteiger partial charge in [-0.25, -0.2) is 13.8 Å². The van der Waals surface area contributed by atoms with Crippen LogP contribution in [0.1, 0.15) is 33.0 Å². The summed E-state index contributed by atoms with van der Waals surface area (Å²) in [4.78, 5) is 19.6. The maximum absolute atomic E-state index is 14.6. The van der Waals surface area contributed by atoms with Crippen molar-refractivity contribution in [1.82, 2.24) is 24.6 Å². The zero-order chi connectivity index (χ0) is 25.8. The van der Waals surface area contributed by atoms with Crippen molar-refractivity contribution in [3.8, 4) is 12.3 Å². The van der Waals surface area contributed by atoms with Crippen LogP contribution in [-0.4, -0.2) is 30.6 Å². The second-order valence-electron chi connectivity index (χ2n) is 8.50. The minimum atomic E-state index is -0.737. The van der Waals surface area contributed by atoms with Crippen LogP contribution in [0, 0.1) is 24.0 Å². The molecule has 8 heteroatoms. The predicted octanol–water partition coefficient (Wildman–Crippen LogP) is 4.98. The van der Waals surface area contributed by atoms with E-state index in [2.05, 4.69) is 21.1 Å². The lowest BCUT2D eigenvalue weighted by Crippen LogP contribution is -2.32. The van der Waals surface area contributed by atoms with E-state index < -0.39 is 17.5 Å². The lowest BCUT2D eigenvalue weighted by molar-refractivity contribution is 0.0716. The number of hydrogen-bond donors (Lipinski definition) is 0. The molecule has 0 fully saturated rings. The fourth-order valence-electron chi connectivity index (χ4n) is 4.01. The molecule has 2 heterocycles. The lowest BCUT2D eigenvalue weighted by atomic mass is 10.1. The quantitative estimate of drug-likeness (QED) is 0.300. The number of benzene rings is 3. The first kappa shape index (κ1) is 23.8. The number of nitrogens with zero attached hydrogens (tertiary/aromatic N) is 5. The number of para-hydroxylation sites is 1. The van der Waals surface area contributed by atoms with Gasteiger partial charge in [-0.1, -0.05) is 48.4 Å². The molecule has 6 nitrogen and oxygen atoms in total. The topological polar surface area (TPSA) is 63.9 Å². The zero-order valence-electron chi connectivity index (χ0n) is 19.7. The molecule has 5 rings (SSSR count). The summed E-state index contributed by atoms with van der Waals surface area (Å²) in [7, 11) is 0.